The van der Waals surface area contributed by atoms with Crippen molar-refractivity contribution in [2.45, 2.75) is 18.8 Å². The molecule has 112 valence electrons. The highest BCUT2D eigenvalue weighted by molar-refractivity contribution is 9.10. The molecule has 0 saturated heterocycles. The van der Waals surface area contributed by atoms with Crippen LogP contribution in [0.4, 0.5) is 0 Å². The van der Waals surface area contributed by atoms with Gasteiger partial charge in [0.25, 0.3) is 0 Å². The Labute approximate surface area is 156 Å². The van der Waals surface area contributed by atoms with Crippen molar-refractivity contribution in [3.05, 3.63) is 68.7 Å². The quantitative estimate of drug-likeness (QED) is 0.406. The maximum atomic E-state index is 6.42. The molecule has 0 saturated carbocycles. The fraction of sp³-hybridized carbons (Fsp3) is 0.294. The van der Waals surface area contributed by atoms with E-state index in [1.165, 1.54) is 16.7 Å². The summed E-state index contributed by atoms with van der Waals surface area (Å²) in [5.41, 5.74) is 3.66. The summed E-state index contributed by atoms with van der Waals surface area (Å²) < 4.78 is 1.10. The van der Waals surface area contributed by atoms with E-state index in [1.807, 2.05) is 6.07 Å². The van der Waals surface area contributed by atoms with E-state index >= 15 is 0 Å². The van der Waals surface area contributed by atoms with Gasteiger partial charge in [-0.3, -0.25) is 0 Å². The van der Waals surface area contributed by atoms with Crippen LogP contribution in [0.25, 0.3) is 0 Å². The average molecular weight is 495 g/mol. The van der Waals surface area contributed by atoms with Crippen LogP contribution in [0.1, 0.15) is 16.7 Å². The van der Waals surface area contributed by atoms with E-state index in [-0.39, 0.29) is 5.41 Å². The van der Waals surface area contributed by atoms with Crippen LogP contribution >= 0.6 is 59.4 Å². The second-order valence-electron chi connectivity index (χ2n) is 5.33. The zero-order chi connectivity index (χ0) is 15.5. The first-order valence-corrected chi connectivity index (χ1v) is 10.1. The molecule has 0 amide bonds. The molecule has 0 bridgehead atoms. The first-order valence-electron chi connectivity index (χ1n) is 6.64. The standard InChI is InChI=1S/C17H16Br3Cl/c1-12-2-3-13(16(21)8-12)9-17(10-18,11-19)14-4-6-15(20)7-5-14/h2-8H,9-11H2,1H3. The Morgan fingerprint density at radius 3 is 2.14 bits per heavy atom. The summed E-state index contributed by atoms with van der Waals surface area (Å²) in [4.78, 5) is 0. The van der Waals surface area contributed by atoms with Crippen molar-refractivity contribution < 1.29 is 0 Å². The summed E-state index contributed by atoms with van der Waals surface area (Å²) >= 11 is 17.3. The second kappa shape index (κ2) is 7.63. The van der Waals surface area contributed by atoms with Crippen molar-refractivity contribution in [2.75, 3.05) is 10.7 Å². The number of alkyl halides is 2. The van der Waals surface area contributed by atoms with E-state index in [4.69, 9.17) is 11.6 Å². The Morgan fingerprint density at radius 2 is 1.62 bits per heavy atom. The molecular weight excluding hydrogens is 479 g/mol. The van der Waals surface area contributed by atoms with E-state index in [2.05, 4.69) is 91.1 Å². The Bertz CT molecular complexity index is 604. The molecule has 0 unspecified atom stereocenters. The Kier molecular flexibility index (Phi) is 6.37. The summed E-state index contributed by atoms with van der Waals surface area (Å²) in [5, 5.41) is 2.59. The molecule has 0 radical (unpaired) electrons. The lowest BCUT2D eigenvalue weighted by Gasteiger charge is -2.31. The minimum atomic E-state index is -0.0143. The molecule has 0 atom stereocenters. The van der Waals surface area contributed by atoms with Crippen molar-refractivity contribution >= 4 is 59.4 Å². The highest BCUT2D eigenvalue weighted by atomic mass is 79.9. The van der Waals surface area contributed by atoms with Crippen molar-refractivity contribution in [3.8, 4) is 0 Å². The normalized spacial score (nSPS) is 11.7. The molecule has 0 spiro atoms. The Hall–Kier alpha value is 0.170. The van der Waals surface area contributed by atoms with Crippen LogP contribution in [0, 0.1) is 6.92 Å². The van der Waals surface area contributed by atoms with Crippen LogP contribution in [0.15, 0.2) is 46.9 Å². The summed E-state index contributed by atoms with van der Waals surface area (Å²) in [5.74, 6) is 0. The van der Waals surface area contributed by atoms with E-state index in [0.29, 0.717) is 0 Å². The number of aryl methyl sites for hydroxylation is 1. The van der Waals surface area contributed by atoms with Gasteiger partial charge in [0, 0.05) is 25.6 Å². The molecule has 21 heavy (non-hydrogen) atoms. The molecule has 2 rings (SSSR count). The molecule has 2 aromatic rings. The van der Waals surface area contributed by atoms with Gasteiger partial charge < -0.3 is 0 Å². The van der Waals surface area contributed by atoms with Crippen LogP contribution < -0.4 is 0 Å². The topological polar surface area (TPSA) is 0 Å². The van der Waals surface area contributed by atoms with E-state index in [1.54, 1.807) is 0 Å². The van der Waals surface area contributed by atoms with Gasteiger partial charge in [0.2, 0.25) is 0 Å². The third-order valence-electron chi connectivity index (χ3n) is 3.71. The molecular formula is C17H16Br3Cl. The van der Waals surface area contributed by atoms with E-state index < -0.39 is 0 Å². The van der Waals surface area contributed by atoms with Crippen molar-refractivity contribution in [3.63, 3.8) is 0 Å². The van der Waals surface area contributed by atoms with Gasteiger partial charge in [0.15, 0.2) is 0 Å². The molecule has 0 fully saturated rings. The Balaban J connectivity index is 2.40. The van der Waals surface area contributed by atoms with Crippen LogP contribution in [0.3, 0.4) is 0 Å². The second-order valence-corrected chi connectivity index (χ2v) is 7.77. The number of halogens is 4. The predicted molar refractivity (Wildman–Crippen MR) is 103 cm³/mol. The monoisotopic (exact) mass is 492 g/mol. The maximum absolute atomic E-state index is 6.42. The van der Waals surface area contributed by atoms with Gasteiger partial charge in [0.05, 0.1) is 0 Å². The molecule has 0 aliphatic rings. The summed E-state index contributed by atoms with van der Waals surface area (Å²) in [6.07, 6.45) is 0.893. The first-order chi connectivity index (χ1) is 10.0. The van der Waals surface area contributed by atoms with Crippen LogP contribution in [-0.2, 0) is 11.8 Å². The minimum Gasteiger partial charge on any atom is -0.0918 e. The van der Waals surface area contributed by atoms with Gasteiger partial charge in [-0.15, -0.1) is 0 Å². The molecule has 0 N–H and O–H groups in total. The number of rotatable bonds is 5. The van der Waals surface area contributed by atoms with Gasteiger partial charge in [-0.25, -0.2) is 0 Å². The van der Waals surface area contributed by atoms with Crippen LogP contribution in [-0.4, -0.2) is 10.7 Å². The average Bonchev–Trinajstić information content (AvgIpc) is 2.48. The molecule has 0 aliphatic heterocycles. The third kappa shape index (κ3) is 4.13. The zero-order valence-corrected chi connectivity index (χ0v) is 17.2. The SMILES string of the molecule is Cc1ccc(CC(CBr)(CBr)c2ccc(Br)cc2)c(Cl)c1. The van der Waals surface area contributed by atoms with Gasteiger partial charge in [-0.2, -0.15) is 0 Å². The van der Waals surface area contributed by atoms with Gasteiger partial charge in [-0.1, -0.05) is 83.7 Å². The zero-order valence-electron chi connectivity index (χ0n) is 11.7. The summed E-state index contributed by atoms with van der Waals surface area (Å²) in [6.45, 7) is 2.06. The molecule has 4 heteroatoms. The van der Waals surface area contributed by atoms with Gasteiger partial charge >= 0.3 is 0 Å². The molecule has 0 aliphatic carbocycles. The van der Waals surface area contributed by atoms with E-state index in [0.717, 1.165) is 26.6 Å². The minimum absolute atomic E-state index is 0.0143. The molecule has 2 aromatic carbocycles. The highest BCUT2D eigenvalue weighted by Gasteiger charge is 2.31. The van der Waals surface area contributed by atoms with Crippen LogP contribution in [0.2, 0.25) is 5.02 Å². The molecule has 0 nitrogen and oxygen atoms in total. The van der Waals surface area contributed by atoms with Gasteiger partial charge in [-0.05, 0) is 48.2 Å². The third-order valence-corrected chi connectivity index (χ3v) is 6.73. The fourth-order valence-electron chi connectivity index (χ4n) is 2.35. The smallest absolute Gasteiger partial charge is 0.0440 e. The number of hydrogen-bond acceptors (Lipinski definition) is 0. The largest absolute Gasteiger partial charge is 0.0918 e. The number of benzene rings is 2. The van der Waals surface area contributed by atoms with Crippen molar-refractivity contribution in [2.24, 2.45) is 0 Å². The highest BCUT2D eigenvalue weighted by Crippen LogP contribution is 2.35. The van der Waals surface area contributed by atoms with Gasteiger partial charge in [0.1, 0.15) is 0 Å². The Morgan fingerprint density at radius 1 is 1.00 bits per heavy atom. The lowest BCUT2D eigenvalue weighted by atomic mass is 9.79. The fourth-order valence-corrected chi connectivity index (χ4v) is 4.89. The van der Waals surface area contributed by atoms with Crippen molar-refractivity contribution in [1.82, 2.24) is 0 Å². The predicted octanol–water partition coefficient (Wildman–Crippen LogP) is 6.68. The maximum Gasteiger partial charge on any atom is 0.0440 e. The van der Waals surface area contributed by atoms with Crippen LogP contribution in [0.5, 0.6) is 0 Å². The summed E-state index contributed by atoms with van der Waals surface area (Å²) in [6, 6.07) is 14.8. The molecule has 0 aromatic heterocycles. The number of hydrogen-bond donors (Lipinski definition) is 0. The molecule has 0 heterocycles. The summed E-state index contributed by atoms with van der Waals surface area (Å²) in [7, 11) is 0. The van der Waals surface area contributed by atoms with E-state index in [9.17, 15) is 0 Å². The first kappa shape index (κ1) is 17.5. The lowest BCUT2D eigenvalue weighted by Crippen LogP contribution is -2.33. The van der Waals surface area contributed by atoms with Crippen molar-refractivity contribution in [1.29, 1.82) is 0 Å². The lowest BCUT2D eigenvalue weighted by molar-refractivity contribution is 0.551.